The number of anilines is 1. The predicted molar refractivity (Wildman–Crippen MR) is 113 cm³/mol. The first-order valence-corrected chi connectivity index (χ1v) is 10.2. The van der Waals surface area contributed by atoms with Crippen molar-refractivity contribution in [3.63, 3.8) is 0 Å². The second-order valence-corrected chi connectivity index (χ2v) is 7.80. The van der Waals surface area contributed by atoms with Gasteiger partial charge < -0.3 is 14.3 Å². The fraction of sp³-hybridized carbons (Fsp3) is 0.333. The number of nitrogens with zero attached hydrogens (tertiary/aromatic N) is 8. The molecule has 0 atom stereocenters. The largest absolute Gasteiger partial charge is 0.361 e. The van der Waals surface area contributed by atoms with Gasteiger partial charge >= 0.3 is 0 Å². The number of carbonyl (C=O) groups excluding carboxylic acids is 1. The van der Waals surface area contributed by atoms with E-state index < -0.39 is 0 Å². The Kier molecular flexibility index (Phi) is 4.81. The van der Waals surface area contributed by atoms with Crippen molar-refractivity contribution in [3.05, 3.63) is 54.2 Å². The SMILES string of the molecule is CN(C)c1ccc2nnc(C3CCN(C(=O)c4cc(-c5cccnc5)on4)CC3)n2n1. The van der Waals surface area contributed by atoms with Gasteiger partial charge in [-0.3, -0.25) is 9.78 Å². The minimum Gasteiger partial charge on any atom is -0.361 e. The van der Waals surface area contributed by atoms with E-state index in [1.165, 1.54) is 0 Å². The van der Waals surface area contributed by atoms with Crippen LogP contribution >= 0.6 is 0 Å². The summed E-state index contributed by atoms with van der Waals surface area (Å²) in [6.45, 7) is 1.22. The molecule has 0 aliphatic carbocycles. The maximum atomic E-state index is 12.9. The summed E-state index contributed by atoms with van der Waals surface area (Å²) in [4.78, 5) is 20.7. The average Bonchev–Trinajstić information content (AvgIpc) is 3.46. The molecule has 0 unspecified atom stereocenters. The van der Waals surface area contributed by atoms with E-state index in [2.05, 4.69) is 25.4 Å². The van der Waals surface area contributed by atoms with E-state index in [4.69, 9.17) is 4.52 Å². The van der Waals surface area contributed by atoms with Crippen molar-refractivity contribution in [3.8, 4) is 11.3 Å². The first kappa shape index (κ1) is 19.2. The van der Waals surface area contributed by atoms with Gasteiger partial charge in [-0.1, -0.05) is 5.16 Å². The molecular weight excluding hydrogens is 396 g/mol. The quantitative estimate of drug-likeness (QED) is 0.497. The number of fused-ring (bicyclic) bond motifs is 1. The molecule has 5 rings (SSSR count). The third-order valence-corrected chi connectivity index (χ3v) is 5.55. The van der Waals surface area contributed by atoms with Crippen LogP contribution in [0.3, 0.4) is 0 Å². The van der Waals surface area contributed by atoms with E-state index >= 15 is 0 Å². The number of carbonyl (C=O) groups is 1. The Hall–Kier alpha value is -3.82. The molecule has 4 aromatic heterocycles. The molecule has 10 nitrogen and oxygen atoms in total. The molecule has 0 radical (unpaired) electrons. The molecule has 158 valence electrons. The van der Waals surface area contributed by atoms with Gasteiger partial charge in [0.05, 0.1) is 0 Å². The van der Waals surface area contributed by atoms with E-state index in [1.54, 1.807) is 18.5 Å². The number of amides is 1. The summed E-state index contributed by atoms with van der Waals surface area (Å²) in [6.07, 6.45) is 4.94. The lowest BCUT2D eigenvalue weighted by atomic mass is 9.96. The van der Waals surface area contributed by atoms with Gasteiger partial charge in [0, 0.05) is 57.1 Å². The lowest BCUT2D eigenvalue weighted by Gasteiger charge is -2.30. The Morgan fingerprint density at radius 1 is 1.16 bits per heavy atom. The molecule has 10 heteroatoms. The van der Waals surface area contributed by atoms with Crippen molar-refractivity contribution in [2.24, 2.45) is 0 Å². The van der Waals surface area contributed by atoms with Crippen LogP contribution in [-0.4, -0.2) is 67.9 Å². The normalized spacial score (nSPS) is 14.8. The minimum atomic E-state index is -0.128. The smallest absolute Gasteiger partial charge is 0.276 e. The van der Waals surface area contributed by atoms with Crippen LogP contribution in [-0.2, 0) is 0 Å². The van der Waals surface area contributed by atoms with E-state index in [9.17, 15) is 4.79 Å². The molecule has 0 spiro atoms. The zero-order chi connectivity index (χ0) is 21.4. The molecule has 0 aromatic carbocycles. The van der Waals surface area contributed by atoms with Gasteiger partial charge in [0.25, 0.3) is 5.91 Å². The molecule has 1 saturated heterocycles. The van der Waals surface area contributed by atoms with Crippen LogP contribution in [0.4, 0.5) is 5.82 Å². The predicted octanol–water partition coefficient (Wildman–Crippen LogP) is 2.26. The zero-order valence-corrected chi connectivity index (χ0v) is 17.3. The molecule has 0 bridgehead atoms. The van der Waals surface area contributed by atoms with Crippen LogP contribution in [0.5, 0.6) is 0 Å². The Bertz CT molecular complexity index is 1210. The molecule has 5 heterocycles. The standard InChI is InChI=1S/C21H22N8O2/c1-27(2)19-6-5-18-23-24-20(29(18)25-19)14-7-10-28(11-8-14)21(30)16-12-17(31-26-16)15-4-3-9-22-13-15/h3-6,9,12-14H,7-8,10-11H2,1-2H3. The summed E-state index contributed by atoms with van der Waals surface area (Å²) in [5.41, 5.74) is 1.82. The van der Waals surface area contributed by atoms with E-state index in [0.29, 0.717) is 24.5 Å². The maximum absolute atomic E-state index is 12.9. The second kappa shape index (κ2) is 7.78. The van der Waals surface area contributed by atoms with Crippen LogP contribution in [0.15, 0.2) is 47.2 Å². The van der Waals surface area contributed by atoms with E-state index in [-0.39, 0.29) is 11.8 Å². The average molecular weight is 418 g/mol. The highest BCUT2D eigenvalue weighted by atomic mass is 16.5. The number of likely N-dealkylation sites (tertiary alicyclic amines) is 1. The molecular formula is C21H22N8O2. The molecule has 1 aliphatic rings. The number of rotatable bonds is 4. The molecule has 1 amide bonds. The fourth-order valence-corrected chi connectivity index (χ4v) is 3.81. The van der Waals surface area contributed by atoms with E-state index in [0.717, 1.165) is 35.7 Å². The van der Waals surface area contributed by atoms with Gasteiger partial charge in [-0.25, -0.2) is 0 Å². The monoisotopic (exact) mass is 418 g/mol. The Balaban J connectivity index is 1.29. The minimum absolute atomic E-state index is 0.128. The van der Waals surface area contributed by atoms with Crippen LogP contribution in [0.25, 0.3) is 17.0 Å². The van der Waals surface area contributed by atoms with Crippen molar-refractivity contribution in [2.45, 2.75) is 18.8 Å². The summed E-state index contributed by atoms with van der Waals surface area (Å²) in [5, 5.41) is 17.3. The fourth-order valence-electron chi connectivity index (χ4n) is 3.81. The summed E-state index contributed by atoms with van der Waals surface area (Å²) in [7, 11) is 3.90. The molecule has 1 fully saturated rings. The lowest BCUT2D eigenvalue weighted by molar-refractivity contribution is 0.0700. The van der Waals surface area contributed by atoms with Gasteiger partial charge in [-0.05, 0) is 37.1 Å². The molecule has 4 aromatic rings. The molecule has 31 heavy (non-hydrogen) atoms. The third kappa shape index (κ3) is 3.60. The first-order valence-electron chi connectivity index (χ1n) is 10.2. The Labute approximate surface area is 178 Å². The van der Waals surface area contributed by atoms with Crippen molar-refractivity contribution in [1.82, 2.24) is 34.9 Å². The first-order chi connectivity index (χ1) is 15.1. The van der Waals surface area contributed by atoms with Crippen LogP contribution in [0.1, 0.15) is 35.1 Å². The van der Waals surface area contributed by atoms with E-state index in [1.807, 2.05) is 52.7 Å². The highest BCUT2D eigenvalue weighted by molar-refractivity contribution is 5.93. The highest BCUT2D eigenvalue weighted by Gasteiger charge is 2.29. The van der Waals surface area contributed by atoms with Gasteiger partial charge in [0.2, 0.25) is 0 Å². The van der Waals surface area contributed by atoms with Crippen molar-refractivity contribution < 1.29 is 9.32 Å². The van der Waals surface area contributed by atoms with Gasteiger partial charge in [-0.2, -0.15) is 4.52 Å². The summed E-state index contributed by atoms with van der Waals surface area (Å²) >= 11 is 0. The topological polar surface area (TPSA) is 106 Å². The van der Waals surface area contributed by atoms with Crippen molar-refractivity contribution in [2.75, 3.05) is 32.1 Å². The number of pyridine rings is 1. The zero-order valence-electron chi connectivity index (χ0n) is 17.3. The van der Waals surface area contributed by atoms with Crippen LogP contribution in [0.2, 0.25) is 0 Å². The Morgan fingerprint density at radius 3 is 2.74 bits per heavy atom. The molecule has 0 N–H and O–H groups in total. The lowest BCUT2D eigenvalue weighted by Crippen LogP contribution is -2.38. The van der Waals surface area contributed by atoms with Crippen molar-refractivity contribution >= 4 is 17.4 Å². The molecule has 0 saturated carbocycles. The van der Waals surface area contributed by atoms with Crippen molar-refractivity contribution in [1.29, 1.82) is 0 Å². The number of hydrogen-bond donors (Lipinski definition) is 0. The summed E-state index contributed by atoms with van der Waals surface area (Å²) in [5.74, 6) is 2.27. The Morgan fingerprint density at radius 2 is 2.00 bits per heavy atom. The van der Waals surface area contributed by atoms with Crippen LogP contribution < -0.4 is 4.90 Å². The van der Waals surface area contributed by atoms with Gasteiger partial charge in [0.15, 0.2) is 22.9 Å². The number of hydrogen-bond acceptors (Lipinski definition) is 8. The maximum Gasteiger partial charge on any atom is 0.276 e. The summed E-state index contributed by atoms with van der Waals surface area (Å²) < 4.78 is 7.16. The molecule has 1 aliphatic heterocycles. The van der Waals surface area contributed by atoms with Gasteiger partial charge in [-0.15, -0.1) is 15.3 Å². The van der Waals surface area contributed by atoms with Crippen LogP contribution in [0, 0.1) is 0 Å². The summed E-state index contributed by atoms with van der Waals surface area (Å²) in [6, 6.07) is 9.19. The third-order valence-electron chi connectivity index (χ3n) is 5.55. The number of piperidine rings is 1. The van der Waals surface area contributed by atoms with Gasteiger partial charge in [0.1, 0.15) is 5.82 Å². The number of aromatic nitrogens is 6. The highest BCUT2D eigenvalue weighted by Crippen LogP contribution is 2.28. The second-order valence-electron chi connectivity index (χ2n) is 7.80.